The molecule has 0 saturated heterocycles. The molecule has 0 saturated carbocycles. The van der Waals surface area contributed by atoms with Gasteiger partial charge in [-0.25, -0.2) is 0 Å². The minimum Gasteiger partial charge on any atom is -0.496 e. The van der Waals surface area contributed by atoms with Crippen LogP contribution in [-0.2, 0) is 11.2 Å². The zero-order chi connectivity index (χ0) is 11.4. The lowest BCUT2D eigenvalue weighted by atomic mass is 10.0. The quantitative estimate of drug-likeness (QED) is 0.738. The summed E-state index contributed by atoms with van der Waals surface area (Å²) in [4.78, 5) is 11.1. The highest BCUT2D eigenvalue weighted by Crippen LogP contribution is 2.22. The van der Waals surface area contributed by atoms with Crippen LogP contribution in [0.1, 0.15) is 18.1 Å². The third-order valence-electron chi connectivity index (χ3n) is 2.28. The van der Waals surface area contributed by atoms with Crippen LogP contribution in [0.3, 0.4) is 0 Å². The first kappa shape index (κ1) is 12.1. The number of hydrogen-bond donors (Lipinski definition) is 0. The molecule has 0 heterocycles. The molecule has 0 N–H and O–H groups in total. The van der Waals surface area contributed by atoms with Gasteiger partial charge in [0.15, 0.2) is 0 Å². The Labute approximate surface area is 95.2 Å². The van der Waals surface area contributed by atoms with Crippen molar-refractivity contribution in [3.05, 3.63) is 29.3 Å². The third-order valence-corrected chi connectivity index (χ3v) is 2.74. The zero-order valence-electron chi connectivity index (χ0n) is 9.21. The van der Waals surface area contributed by atoms with Gasteiger partial charge in [0.05, 0.1) is 12.5 Å². The molecule has 0 aromatic heterocycles. The van der Waals surface area contributed by atoms with Gasteiger partial charge in [-0.3, -0.25) is 4.79 Å². The zero-order valence-corrected chi connectivity index (χ0v) is 9.97. The second kappa shape index (κ2) is 5.17. The van der Waals surface area contributed by atoms with Gasteiger partial charge < -0.3 is 4.74 Å². The molecular weight excluding hydrogens is 212 g/mol. The fourth-order valence-corrected chi connectivity index (χ4v) is 1.57. The summed E-state index contributed by atoms with van der Waals surface area (Å²) in [5.41, 5.74) is 2.12. The molecule has 0 amide bonds. The van der Waals surface area contributed by atoms with Gasteiger partial charge >= 0.3 is 0 Å². The number of carbonyl (C=O) groups excluding carboxylic acids is 1. The summed E-state index contributed by atoms with van der Waals surface area (Å²) in [7, 11) is 1.62. The minimum absolute atomic E-state index is 0.0137. The number of ether oxygens (including phenoxy) is 1. The topological polar surface area (TPSA) is 26.3 Å². The van der Waals surface area contributed by atoms with E-state index < -0.39 is 5.38 Å². The maximum atomic E-state index is 11.1. The van der Waals surface area contributed by atoms with Gasteiger partial charge in [0, 0.05) is 0 Å². The lowest BCUT2D eigenvalue weighted by Crippen LogP contribution is -2.14. The molecule has 2 nitrogen and oxygen atoms in total. The maximum Gasteiger partial charge on any atom is 0.147 e. The summed E-state index contributed by atoms with van der Waals surface area (Å²) in [5.74, 6) is 0.771. The van der Waals surface area contributed by atoms with Crippen LogP contribution in [0.4, 0.5) is 0 Å². The van der Waals surface area contributed by atoms with Gasteiger partial charge in [-0.1, -0.05) is 17.7 Å². The summed E-state index contributed by atoms with van der Waals surface area (Å²) in [6.07, 6.45) is 0.516. The highest BCUT2D eigenvalue weighted by molar-refractivity contribution is 6.30. The number of methoxy groups -OCH3 is 1. The molecule has 1 atom stereocenters. The van der Waals surface area contributed by atoms with Gasteiger partial charge in [-0.05, 0) is 31.9 Å². The van der Waals surface area contributed by atoms with E-state index in [1.54, 1.807) is 7.11 Å². The van der Waals surface area contributed by atoms with Crippen molar-refractivity contribution in [2.45, 2.75) is 25.6 Å². The van der Waals surface area contributed by atoms with Crippen molar-refractivity contribution in [1.82, 2.24) is 0 Å². The number of benzene rings is 1. The highest BCUT2D eigenvalue weighted by atomic mass is 35.5. The number of halogens is 1. The molecule has 82 valence electrons. The smallest absolute Gasteiger partial charge is 0.147 e. The van der Waals surface area contributed by atoms with Crippen molar-refractivity contribution in [3.63, 3.8) is 0 Å². The van der Waals surface area contributed by atoms with Crippen LogP contribution in [0, 0.1) is 6.92 Å². The van der Waals surface area contributed by atoms with Crippen molar-refractivity contribution < 1.29 is 9.53 Å². The predicted octanol–water partition coefficient (Wildman–Crippen LogP) is 2.74. The summed E-state index contributed by atoms with van der Waals surface area (Å²) < 4.78 is 5.21. The van der Waals surface area contributed by atoms with E-state index in [1.165, 1.54) is 6.92 Å². The maximum absolute atomic E-state index is 11.1. The second-order valence-corrected chi connectivity index (χ2v) is 4.12. The van der Waals surface area contributed by atoms with E-state index in [1.807, 2.05) is 25.1 Å². The molecule has 0 bridgehead atoms. The van der Waals surface area contributed by atoms with Crippen molar-refractivity contribution in [3.8, 4) is 5.75 Å². The largest absolute Gasteiger partial charge is 0.496 e. The van der Waals surface area contributed by atoms with Crippen LogP contribution < -0.4 is 4.74 Å². The monoisotopic (exact) mass is 226 g/mol. The Hall–Kier alpha value is -1.02. The molecule has 1 unspecified atom stereocenters. The van der Waals surface area contributed by atoms with E-state index in [0.29, 0.717) is 6.42 Å². The Morgan fingerprint density at radius 1 is 1.53 bits per heavy atom. The molecule has 0 aliphatic heterocycles. The molecule has 0 aliphatic carbocycles. The van der Waals surface area contributed by atoms with Crippen LogP contribution in [0.15, 0.2) is 18.2 Å². The fraction of sp³-hybridized carbons (Fsp3) is 0.417. The molecule has 1 aromatic carbocycles. The number of alkyl halides is 1. The van der Waals surface area contributed by atoms with E-state index in [2.05, 4.69) is 0 Å². The Morgan fingerprint density at radius 2 is 2.20 bits per heavy atom. The Balaban J connectivity index is 2.91. The molecule has 0 radical (unpaired) electrons. The molecule has 0 spiro atoms. The van der Waals surface area contributed by atoms with Gasteiger partial charge in [-0.15, -0.1) is 11.6 Å². The average molecular weight is 227 g/mol. The predicted molar refractivity (Wildman–Crippen MR) is 61.8 cm³/mol. The first-order valence-corrected chi connectivity index (χ1v) is 5.26. The molecule has 1 aromatic rings. The van der Waals surface area contributed by atoms with Gasteiger partial charge in [-0.2, -0.15) is 0 Å². The van der Waals surface area contributed by atoms with E-state index in [-0.39, 0.29) is 5.78 Å². The van der Waals surface area contributed by atoms with Crippen molar-refractivity contribution >= 4 is 17.4 Å². The summed E-state index contributed by atoms with van der Waals surface area (Å²) >= 11 is 5.93. The lowest BCUT2D eigenvalue weighted by molar-refractivity contribution is -0.116. The third kappa shape index (κ3) is 3.24. The van der Waals surface area contributed by atoms with E-state index >= 15 is 0 Å². The Kier molecular flexibility index (Phi) is 4.15. The number of carbonyl (C=O) groups is 1. The van der Waals surface area contributed by atoms with Crippen LogP contribution in [0.5, 0.6) is 5.75 Å². The van der Waals surface area contributed by atoms with Crippen molar-refractivity contribution in [2.24, 2.45) is 0 Å². The number of hydrogen-bond acceptors (Lipinski definition) is 2. The minimum atomic E-state index is -0.472. The Morgan fingerprint density at radius 3 is 2.73 bits per heavy atom. The number of aryl methyl sites for hydroxylation is 1. The summed E-state index contributed by atoms with van der Waals surface area (Å²) in [6.45, 7) is 3.50. The molecule has 1 rings (SSSR count). The fourth-order valence-electron chi connectivity index (χ4n) is 1.40. The number of ketones is 1. The van der Waals surface area contributed by atoms with E-state index in [0.717, 1.165) is 16.9 Å². The molecule has 0 fully saturated rings. The van der Waals surface area contributed by atoms with Gasteiger partial charge in [0.1, 0.15) is 11.5 Å². The van der Waals surface area contributed by atoms with Crippen LogP contribution in [0.25, 0.3) is 0 Å². The van der Waals surface area contributed by atoms with Gasteiger partial charge in [0.25, 0.3) is 0 Å². The molecule has 3 heteroatoms. The van der Waals surface area contributed by atoms with Crippen molar-refractivity contribution in [1.29, 1.82) is 0 Å². The summed E-state index contributed by atoms with van der Waals surface area (Å²) in [5, 5.41) is -0.472. The lowest BCUT2D eigenvalue weighted by Gasteiger charge is -2.11. The molecular formula is C12H15ClO2. The number of rotatable bonds is 4. The highest BCUT2D eigenvalue weighted by Gasteiger charge is 2.14. The second-order valence-electron chi connectivity index (χ2n) is 3.60. The summed E-state index contributed by atoms with van der Waals surface area (Å²) in [6, 6.07) is 5.87. The first-order valence-electron chi connectivity index (χ1n) is 4.82. The van der Waals surface area contributed by atoms with E-state index in [9.17, 15) is 4.79 Å². The molecule has 15 heavy (non-hydrogen) atoms. The first-order chi connectivity index (χ1) is 7.04. The van der Waals surface area contributed by atoms with Gasteiger partial charge in [0.2, 0.25) is 0 Å². The van der Waals surface area contributed by atoms with Crippen LogP contribution in [0.2, 0.25) is 0 Å². The van der Waals surface area contributed by atoms with Crippen molar-refractivity contribution in [2.75, 3.05) is 7.11 Å². The number of Topliss-reactive ketones (excluding diaryl/α,β-unsaturated/α-hetero) is 1. The SMILES string of the molecule is COc1ccc(C)cc1CC(Cl)C(C)=O. The molecule has 0 aliphatic rings. The van der Waals surface area contributed by atoms with Crippen LogP contribution in [-0.4, -0.2) is 18.3 Å². The van der Waals surface area contributed by atoms with Crippen LogP contribution >= 0.6 is 11.6 Å². The van der Waals surface area contributed by atoms with E-state index in [4.69, 9.17) is 16.3 Å². The standard InChI is InChI=1S/C12H15ClO2/c1-8-4-5-12(15-3)10(6-8)7-11(13)9(2)14/h4-6,11H,7H2,1-3H3. The normalized spacial score (nSPS) is 12.3. The average Bonchev–Trinajstić information content (AvgIpc) is 2.18. The Bertz CT molecular complexity index is 361.